The van der Waals surface area contributed by atoms with Crippen molar-refractivity contribution < 1.29 is 4.79 Å². The van der Waals surface area contributed by atoms with Crippen LogP contribution >= 0.6 is 0 Å². The molecule has 1 rings (SSSR count). The number of hydrogen-bond acceptors (Lipinski definition) is 2. The van der Waals surface area contributed by atoms with Gasteiger partial charge in [-0.2, -0.15) is 0 Å². The van der Waals surface area contributed by atoms with E-state index in [1.165, 1.54) is 6.54 Å². The van der Waals surface area contributed by atoms with Gasteiger partial charge in [0.2, 0.25) is 6.41 Å². The molecule has 0 aromatic carbocycles. The molecule has 0 saturated carbocycles. The minimum atomic E-state index is 0.468. The molecule has 0 N–H and O–H groups in total. The molecular formula is C11H22N2O. The lowest BCUT2D eigenvalue weighted by atomic mass is 10.0. The van der Waals surface area contributed by atoms with E-state index in [1.54, 1.807) is 0 Å². The Labute approximate surface area is 87.1 Å². The van der Waals surface area contributed by atoms with Crippen molar-refractivity contribution in [1.82, 2.24) is 9.80 Å². The molecule has 3 heteroatoms. The van der Waals surface area contributed by atoms with E-state index >= 15 is 0 Å². The fourth-order valence-electron chi connectivity index (χ4n) is 2.11. The van der Waals surface area contributed by atoms with E-state index in [4.69, 9.17) is 0 Å². The first kappa shape index (κ1) is 11.5. The highest BCUT2D eigenvalue weighted by molar-refractivity contribution is 5.47. The number of carbonyl (C=O) groups excluding carboxylic acids is 1. The highest BCUT2D eigenvalue weighted by Crippen LogP contribution is 2.15. The average molecular weight is 198 g/mol. The second-order valence-corrected chi connectivity index (χ2v) is 4.70. The Morgan fingerprint density at radius 1 is 1.43 bits per heavy atom. The van der Waals surface area contributed by atoms with Crippen LogP contribution in [0.5, 0.6) is 0 Å². The van der Waals surface area contributed by atoms with Crippen LogP contribution in [0.15, 0.2) is 0 Å². The molecule has 1 aliphatic rings. The van der Waals surface area contributed by atoms with Crippen molar-refractivity contribution in [1.29, 1.82) is 0 Å². The lowest BCUT2D eigenvalue weighted by Crippen LogP contribution is -2.43. The Balaban J connectivity index is 2.27. The Hall–Kier alpha value is -0.570. The molecule has 0 aliphatic carbocycles. The summed E-state index contributed by atoms with van der Waals surface area (Å²) in [5, 5.41) is 0. The van der Waals surface area contributed by atoms with Crippen molar-refractivity contribution in [3.63, 3.8) is 0 Å². The van der Waals surface area contributed by atoms with E-state index < -0.39 is 0 Å². The number of likely N-dealkylation sites (tertiary alicyclic amines) is 1. The highest BCUT2D eigenvalue weighted by atomic mass is 16.1. The van der Waals surface area contributed by atoms with Crippen LogP contribution in [0.3, 0.4) is 0 Å². The number of piperidine rings is 1. The highest BCUT2D eigenvalue weighted by Gasteiger charge is 2.21. The summed E-state index contributed by atoms with van der Waals surface area (Å²) in [6.07, 6.45) is 3.20. The standard InChI is InChI=1S/C11H22N2O/c1-10(2)8-13-6-4-11(5-7-13)12(3)9-14/h9-11H,4-8H2,1-3H3. The summed E-state index contributed by atoms with van der Waals surface area (Å²) < 4.78 is 0. The van der Waals surface area contributed by atoms with Crippen molar-refractivity contribution in [2.45, 2.75) is 32.7 Å². The summed E-state index contributed by atoms with van der Waals surface area (Å²) >= 11 is 0. The molecule has 82 valence electrons. The lowest BCUT2D eigenvalue weighted by Gasteiger charge is -2.35. The van der Waals surface area contributed by atoms with E-state index in [0.29, 0.717) is 6.04 Å². The van der Waals surface area contributed by atoms with Gasteiger partial charge in [0.1, 0.15) is 0 Å². The third-order valence-electron chi connectivity index (χ3n) is 2.92. The summed E-state index contributed by atoms with van der Waals surface area (Å²) in [5.74, 6) is 0.746. The van der Waals surface area contributed by atoms with E-state index in [1.807, 2.05) is 11.9 Å². The first-order valence-electron chi connectivity index (χ1n) is 5.53. The monoisotopic (exact) mass is 198 g/mol. The minimum Gasteiger partial charge on any atom is -0.345 e. The summed E-state index contributed by atoms with van der Waals surface area (Å²) in [6.45, 7) is 7.98. The zero-order chi connectivity index (χ0) is 10.6. The third-order valence-corrected chi connectivity index (χ3v) is 2.92. The molecular weight excluding hydrogens is 176 g/mol. The maximum atomic E-state index is 10.6. The van der Waals surface area contributed by atoms with Gasteiger partial charge in [0.15, 0.2) is 0 Å². The summed E-state index contributed by atoms with van der Waals surface area (Å²) in [7, 11) is 1.88. The lowest BCUT2D eigenvalue weighted by molar-refractivity contribution is -0.119. The van der Waals surface area contributed by atoms with Crippen molar-refractivity contribution in [3.8, 4) is 0 Å². The predicted molar refractivity (Wildman–Crippen MR) is 58.1 cm³/mol. The van der Waals surface area contributed by atoms with Crippen molar-refractivity contribution in [2.75, 3.05) is 26.7 Å². The normalized spacial score (nSPS) is 20.0. The van der Waals surface area contributed by atoms with E-state index in [9.17, 15) is 4.79 Å². The van der Waals surface area contributed by atoms with Gasteiger partial charge in [0.25, 0.3) is 0 Å². The Morgan fingerprint density at radius 2 is 2.00 bits per heavy atom. The zero-order valence-electron chi connectivity index (χ0n) is 9.57. The van der Waals surface area contributed by atoms with Crippen LogP contribution < -0.4 is 0 Å². The molecule has 0 atom stereocenters. The predicted octanol–water partition coefficient (Wildman–Crippen LogP) is 1.19. The zero-order valence-corrected chi connectivity index (χ0v) is 9.57. The number of nitrogens with zero attached hydrogens (tertiary/aromatic N) is 2. The van der Waals surface area contributed by atoms with Gasteiger partial charge in [-0.3, -0.25) is 4.79 Å². The Bertz CT molecular complexity index is 174. The number of rotatable bonds is 4. The molecule has 0 aromatic heterocycles. The second kappa shape index (κ2) is 5.35. The van der Waals surface area contributed by atoms with Crippen LogP contribution in [-0.4, -0.2) is 48.9 Å². The smallest absolute Gasteiger partial charge is 0.209 e. The first-order chi connectivity index (χ1) is 6.63. The third kappa shape index (κ3) is 3.29. The van der Waals surface area contributed by atoms with Crippen molar-refractivity contribution >= 4 is 6.41 Å². The van der Waals surface area contributed by atoms with Crippen LogP contribution in [-0.2, 0) is 4.79 Å². The van der Waals surface area contributed by atoms with Gasteiger partial charge in [0, 0.05) is 32.7 Å². The molecule has 0 spiro atoms. The van der Waals surface area contributed by atoms with Gasteiger partial charge in [0.05, 0.1) is 0 Å². The molecule has 1 amide bonds. The first-order valence-corrected chi connectivity index (χ1v) is 5.53. The van der Waals surface area contributed by atoms with Crippen LogP contribution in [0.1, 0.15) is 26.7 Å². The molecule has 0 bridgehead atoms. The summed E-state index contributed by atoms with van der Waals surface area (Å²) in [5.41, 5.74) is 0. The van der Waals surface area contributed by atoms with Crippen LogP contribution in [0.4, 0.5) is 0 Å². The molecule has 1 aliphatic heterocycles. The summed E-state index contributed by atoms with van der Waals surface area (Å²) in [6, 6.07) is 0.468. The topological polar surface area (TPSA) is 23.6 Å². The molecule has 0 aromatic rings. The van der Waals surface area contributed by atoms with Crippen molar-refractivity contribution in [3.05, 3.63) is 0 Å². The molecule has 3 nitrogen and oxygen atoms in total. The van der Waals surface area contributed by atoms with Gasteiger partial charge < -0.3 is 9.80 Å². The maximum absolute atomic E-state index is 10.6. The van der Waals surface area contributed by atoms with E-state index in [2.05, 4.69) is 18.7 Å². The molecule has 1 fully saturated rings. The SMILES string of the molecule is CC(C)CN1CCC(N(C)C=O)CC1. The van der Waals surface area contributed by atoms with Gasteiger partial charge in [-0.25, -0.2) is 0 Å². The van der Waals surface area contributed by atoms with Gasteiger partial charge in [-0.15, -0.1) is 0 Å². The second-order valence-electron chi connectivity index (χ2n) is 4.70. The fourth-order valence-corrected chi connectivity index (χ4v) is 2.11. The maximum Gasteiger partial charge on any atom is 0.209 e. The molecule has 14 heavy (non-hydrogen) atoms. The van der Waals surface area contributed by atoms with Gasteiger partial charge in [-0.1, -0.05) is 13.8 Å². The van der Waals surface area contributed by atoms with Gasteiger partial charge >= 0.3 is 0 Å². The molecule has 0 radical (unpaired) electrons. The number of carbonyl (C=O) groups is 1. The number of hydrogen-bond donors (Lipinski definition) is 0. The quantitative estimate of drug-likeness (QED) is 0.634. The van der Waals surface area contributed by atoms with E-state index in [-0.39, 0.29) is 0 Å². The van der Waals surface area contributed by atoms with Crippen LogP contribution in [0, 0.1) is 5.92 Å². The van der Waals surface area contributed by atoms with Gasteiger partial charge in [-0.05, 0) is 18.8 Å². The molecule has 0 unspecified atom stereocenters. The van der Waals surface area contributed by atoms with Crippen LogP contribution in [0.25, 0.3) is 0 Å². The van der Waals surface area contributed by atoms with Crippen LogP contribution in [0.2, 0.25) is 0 Å². The fraction of sp³-hybridized carbons (Fsp3) is 0.909. The average Bonchev–Trinajstić information content (AvgIpc) is 2.17. The minimum absolute atomic E-state index is 0.468. The Morgan fingerprint density at radius 3 is 2.43 bits per heavy atom. The summed E-state index contributed by atoms with van der Waals surface area (Å²) in [4.78, 5) is 14.9. The number of amides is 1. The van der Waals surface area contributed by atoms with Crippen molar-refractivity contribution in [2.24, 2.45) is 5.92 Å². The molecule has 1 heterocycles. The Kier molecular flexibility index (Phi) is 4.39. The largest absolute Gasteiger partial charge is 0.345 e. The van der Waals surface area contributed by atoms with E-state index in [0.717, 1.165) is 38.3 Å². The molecule has 1 saturated heterocycles.